The highest BCUT2D eigenvalue weighted by Gasteiger charge is 2.28. The highest BCUT2D eigenvalue weighted by molar-refractivity contribution is 5.84. The molecule has 1 aliphatic heterocycles. The number of hydrogen-bond acceptors (Lipinski definition) is 6. The number of halogens is 3. The number of nitrogens with one attached hydrogen (secondary N) is 1. The number of carbonyl (C=O) groups is 1. The Bertz CT molecular complexity index is 809. The number of epoxide rings is 1. The van der Waals surface area contributed by atoms with Gasteiger partial charge >= 0.3 is 12.3 Å². The van der Waals surface area contributed by atoms with Crippen molar-refractivity contribution in [3.63, 3.8) is 0 Å². The van der Waals surface area contributed by atoms with E-state index in [1.165, 1.54) is 10.9 Å². The summed E-state index contributed by atoms with van der Waals surface area (Å²) in [4.78, 5) is 28.3. The highest BCUT2D eigenvalue weighted by Crippen LogP contribution is 2.25. The number of H-pyrrole nitrogens is 1. The lowest BCUT2D eigenvalue weighted by Crippen LogP contribution is -2.60. The number of aromatic amines is 1. The fraction of sp³-hybridized carbons (Fsp3) is 0.412. The first kappa shape index (κ1) is 23.2. The average Bonchev–Trinajstić information content (AvgIpc) is 3.35. The van der Waals surface area contributed by atoms with Gasteiger partial charge in [-0.1, -0.05) is 0 Å². The van der Waals surface area contributed by atoms with E-state index >= 15 is 0 Å². The predicted molar refractivity (Wildman–Crippen MR) is 85.7 cm³/mol. The van der Waals surface area contributed by atoms with Crippen LogP contribution in [0.4, 0.5) is 13.2 Å². The minimum atomic E-state index is -5.19. The summed E-state index contributed by atoms with van der Waals surface area (Å²) in [7, 11) is 0. The molecule has 0 amide bonds. The maximum atomic E-state index is 10.5. The Morgan fingerprint density at radius 2 is 2.04 bits per heavy atom. The number of carboxylic acids is 1. The van der Waals surface area contributed by atoms with Crippen LogP contribution in [0.5, 0.6) is 5.75 Å². The summed E-state index contributed by atoms with van der Waals surface area (Å²) in [6.07, 6.45) is -1.60. The molecule has 0 bridgehead atoms. The largest absolute Gasteiger partial charge is 0.542 e. The van der Waals surface area contributed by atoms with E-state index in [0.29, 0.717) is 18.8 Å². The first-order valence-electron chi connectivity index (χ1n) is 8.03. The van der Waals surface area contributed by atoms with Crippen molar-refractivity contribution in [1.82, 2.24) is 4.98 Å². The molecule has 154 valence electrons. The van der Waals surface area contributed by atoms with Crippen molar-refractivity contribution in [1.29, 1.82) is 0 Å². The summed E-state index contributed by atoms with van der Waals surface area (Å²) in [6, 6.07) is 6.58. The molecule has 3 rings (SSSR count). The van der Waals surface area contributed by atoms with E-state index in [2.05, 4.69) is 36.0 Å². The molecule has 1 saturated heterocycles. The van der Waals surface area contributed by atoms with Gasteiger partial charge in [-0.15, -0.1) is 0 Å². The van der Waals surface area contributed by atoms with Crippen LogP contribution in [-0.2, 0) is 25.5 Å². The molecule has 1 unspecified atom stereocenters. The molecule has 28 heavy (non-hydrogen) atoms. The van der Waals surface area contributed by atoms with Gasteiger partial charge < -0.3 is 30.1 Å². The zero-order valence-electron chi connectivity index (χ0n) is 14.9. The standard InChI is InChI=1S/C14H18N2O2.C2HF3O2.CO2/c1-9(15)4-10-6-16-14-3-2-11(5-13(10)14)17-7-12-8-18-12;3-2(4,5)1(6)7;2-1-3/h2-3,5-6,9,12,16H,4,7-8,15H2,1H3;(H,6,7);/t9-,12?;;/m1../s1. The highest BCUT2D eigenvalue weighted by atomic mass is 19.4. The normalized spacial score (nSPS) is 16.0. The van der Waals surface area contributed by atoms with Crippen LogP contribution in [0.25, 0.3) is 10.9 Å². The van der Waals surface area contributed by atoms with Gasteiger partial charge in [-0.25, -0.2) is 0 Å². The number of aromatic nitrogens is 1. The fourth-order valence-electron chi connectivity index (χ4n) is 2.15. The average molecular weight is 404 g/mol. The Labute approximate surface area is 157 Å². The van der Waals surface area contributed by atoms with Crippen molar-refractivity contribution >= 4 is 23.0 Å². The first-order chi connectivity index (χ1) is 13.1. The van der Waals surface area contributed by atoms with Crippen LogP contribution >= 0.6 is 0 Å². The number of quaternary nitrogens is 1. The molecule has 1 fully saturated rings. The molecule has 1 aliphatic rings. The van der Waals surface area contributed by atoms with Gasteiger partial charge in [0.25, 0.3) is 0 Å². The summed E-state index contributed by atoms with van der Waals surface area (Å²) >= 11 is 0. The van der Waals surface area contributed by atoms with Crippen molar-refractivity contribution < 1.29 is 47.9 Å². The van der Waals surface area contributed by atoms with Gasteiger partial charge in [-0.05, 0) is 30.7 Å². The van der Waals surface area contributed by atoms with Crippen molar-refractivity contribution in [2.24, 2.45) is 0 Å². The summed E-state index contributed by atoms with van der Waals surface area (Å²) in [6.45, 7) is 3.61. The number of ether oxygens (including phenoxy) is 2. The van der Waals surface area contributed by atoms with Gasteiger partial charge in [0, 0.05) is 23.5 Å². The lowest BCUT2D eigenvalue weighted by Gasteiger charge is -2.05. The minimum absolute atomic E-state index is 0.250. The van der Waals surface area contributed by atoms with Gasteiger partial charge in [0.05, 0.1) is 12.6 Å². The molecule has 11 heteroatoms. The van der Waals surface area contributed by atoms with E-state index < -0.39 is 12.1 Å². The Morgan fingerprint density at radius 3 is 2.50 bits per heavy atom. The van der Waals surface area contributed by atoms with E-state index in [4.69, 9.17) is 29.0 Å². The Morgan fingerprint density at radius 1 is 1.46 bits per heavy atom. The Balaban J connectivity index is 0.000000331. The zero-order valence-corrected chi connectivity index (χ0v) is 14.9. The smallest absolute Gasteiger partial charge is 0.430 e. The summed E-state index contributed by atoms with van der Waals surface area (Å²) in [5.74, 6) is -2.09. The molecular formula is C17H19F3N2O6. The maximum absolute atomic E-state index is 10.5. The lowest BCUT2D eigenvalue weighted by molar-refractivity contribution is -0.413. The fourth-order valence-corrected chi connectivity index (χ4v) is 2.15. The SMILES string of the molecule is C[C@@H]([NH3+])Cc1c[nH]c2ccc(OCC3CO3)cc12.O=C([O-])C(F)(F)F.O=C=O. The molecule has 0 saturated carbocycles. The third-order valence-electron chi connectivity index (χ3n) is 3.38. The first-order valence-corrected chi connectivity index (χ1v) is 8.03. The summed E-state index contributed by atoms with van der Waals surface area (Å²) in [5, 5.41) is 10.0. The van der Waals surface area contributed by atoms with Crippen LogP contribution in [0.3, 0.4) is 0 Å². The molecule has 2 atom stereocenters. The number of fused-ring (bicyclic) bond motifs is 1. The van der Waals surface area contributed by atoms with Crippen LogP contribution in [-0.4, -0.2) is 48.6 Å². The molecule has 1 aromatic heterocycles. The van der Waals surface area contributed by atoms with Gasteiger partial charge in [-0.2, -0.15) is 22.8 Å². The van der Waals surface area contributed by atoms with Crippen molar-refractivity contribution in [3.05, 3.63) is 30.0 Å². The van der Waals surface area contributed by atoms with Crippen molar-refractivity contribution in [2.75, 3.05) is 13.2 Å². The third kappa shape index (κ3) is 8.21. The maximum Gasteiger partial charge on any atom is 0.430 e. The summed E-state index contributed by atoms with van der Waals surface area (Å²) < 4.78 is 42.4. The molecule has 2 heterocycles. The Kier molecular flexibility index (Phi) is 8.65. The van der Waals surface area contributed by atoms with Gasteiger partial charge in [-0.3, -0.25) is 0 Å². The van der Waals surface area contributed by atoms with E-state index in [9.17, 15) is 13.2 Å². The number of carbonyl (C=O) groups excluding carboxylic acids is 3. The lowest BCUT2D eigenvalue weighted by atomic mass is 10.1. The number of aliphatic carboxylic acids is 1. The zero-order chi connectivity index (χ0) is 21.3. The number of benzene rings is 1. The molecule has 2 aromatic rings. The van der Waals surface area contributed by atoms with Crippen LogP contribution in [0.1, 0.15) is 12.5 Å². The topological polar surface area (TPSA) is 139 Å². The molecule has 4 N–H and O–H groups in total. The van der Waals surface area contributed by atoms with Crippen LogP contribution in [0, 0.1) is 0 Å². The van der Waals surface area contributed by atoms with Crippen LogP contribution in [0.2, 0.25) is 0 Å². The second-order valence-corrected chi connectivity index (χ2v) is 5.97. The monoisotopic (exact) mass is 404 g/mol. The van der Waals surface area contributed by atoms with E-state index in [1.807, 2.05) is 6.07 Å². The Hall–Kier alpha value is -2.88. The molecule has 0 spiro atoms. The van der Waals surface area contributed by atoms with Crippen molar-refractivity contribution in [3.8, 4) is 5.75 Å². The quantitative estimate of drug-likeness (QED) is 0.664. The van der Waals surface area contributed by atoms with Gasteiger partial charge in [0.15, 0.2) is 0 Å². The molecule has 1 aromatic carbocycles. The molecular weight excluding hydrogens is 385 g/mol. The predicted octanol–water partition coefficient (Wildman–Crippen LogP) is -0.167. The van der Waals surface area contributed by atoms with Gasteiger partial charge in [0.1, 0.15) is 24.4 Å². The van der Waals surface area contributed by atoms with E-state index in [0.717, 1.165) is 24.3 Å². The van der Waals surface area contributed by atoms with Crippen molar-refractivity contribution in [2.45, 2.75) is 31.7 Å². The summed E-state index contributed by atoms with van der Waals surface area (Å²) in [5.41, 5.74) is 6.51. The number of carboxylic acid groups (broad SMARTS) is 1. The third-order valence-corrected chi connectivity index (χ3v) is 3.38. The van der Waals surface area contributed by atoms with E-state index in [1.54, 1.807) is 0 Å². The minimum Gasteiger partial charge on any atom is -0.542 e. The number of alkyl halides is 3. The second kappa shape index (κ2) is 10.5. The van der Waals surface area contributed by atoms with Crippen LogP contribution < -0.4 is 15.6 Å². The second-order valence-electron chi connectivity index (χ2n) is 5.97. The number of hydrogen-bond donors (Lipinski definition) is 2. The molecule has 0 aliphatic carbocycles. The van der Waals surface area contributed by atoms with E-state index in [-0.39, 0.29) is 6.15 Å². The molecule has 8 nitrogen and oxygen atoms in total. The molecule has 0 radical (unpaired) electrons. The van der Waals surface area contributed by atoms with Gasteiger partial charge in [0.2, 0.25) is 0 Å². The van der Waals surface area contributed by atoms with Crippen LogP contribution in [0.15, 0.2) is 24.4 Å². The number of rotatable bonds is 5.